The molecule has 0 unspecified atom stereocenters. The summed E-state index contributed by atoms with van der Waals surface area (Å²) in [5, 5.41) is 6.53. The lowest BCUT2D eigenvalue weighted by molar-refractivity contribution is -0.125. The first kappa shape index (κ1) is 23.6. The monoisotopic (exact) mass is 522 g/mol. The van der Waals surface area contributed by atoms with E-state index >= 15 is 0 Å². The van der Waals surface area contributed by atoms with Crippen LogP contribution in [0.5, 0.6) is 0 Å². The lowest BCUT2D eigenvalue weighted by Crippen LogP contribution is -2.39. The molecule has 0 spiro atoms. The molecule has 3 aromatic heterocycles. The highest BCUT2D eigenvalue weighted by atomic mass is 32.1. The second-order valence-corrected chi connectivity index (χ2v) is 9.78. The van der Waals surface area contributed by atoms with Crippen molar-refractivity contribution in [3.63, 3.8) is 0 Å². The van der Waals surface area contributed by atoms with Crippen molar-refractivity contribution >= 4 is 56.5 Å². The van der Waals surface area contributed by atoms with Gasteiger partial charge in [0, 0.05) is 30.2 Å². The van der Waals surface area contributed by atoms with Gasteiger partial charge in [0.25, 0.3) is 5.91 Å². The van der Waals surface area contributed by atoms with E-state index in [-0.39, 0.29) is 24.4 Å². The van der Waals surface area contributed by atoms with Crippen LogP contribution in [-0.4, -0.2) is 45.8 Å². The Balaban J connectivity index is 1.35. The second-order valence-electron chi connectivity index (χ2n) is 8.78. The number of amides is 4. The van der Waals surface area contributed by atoms with Gasteiger partial charge in [0.1, 0.15) is 9.71 Å². The minimum atomic E-state index is -0.379. The summed E-state index contributed by atoms with van der Waals surface area (Å²) in [6.07, 6.45) is 7.16. The number of pyridine rings is 2. The molecule has 1 aromatic carbocycles. The number of nitrogens with one attached hydrogen (secondary N) is 2. The molecule has 38 heavy (non-hydrogen) atoms. The molecule has 6 rings (SSSR count). The van der Waals surface area contributed by atoms with Crippen LogP contribution in [0.4, 0.5) is 21.9 Å². The molecular formula is C28H22N6O3S. The number of thiophene rings is 1. The van der Waals surface area contributed by atoms with E-state index in [9.17, 15) is 14.4 Å². The number of hydrogen-bond donors (Lipinski definition) is 2. The predicted octanol–water partition coefficient (Wildman–Crippen LogP) is 5.07. The summed E-state index contributed by atoms with van der Waals surface area (Å²) >= 11 is 1.21. The van der Waals surface area contributed by atoms with Crippen LogP contribution in [0.3, 0.4) is 0 Å². The second kappa shape index (κ2) is 9.56. The summed E-state index contributed by atoms with van der Waals surface area (Å²) in [7, 11) is 0. The van der Waals surface area contributed by atoms with Crippen LogP contribution in [0.25, 0.3) is 21.5 Å². The minimum absolute atomic E-state index is 0.185. The normalized spacial score (nSPS) is 14.6. The fourth-order valence-electron chi connectivity index (χ4n) is 4.69. The number of aromatic nitrogens is 2. The van der Waals surface area contributed by atoms with Crippen LogP contribution in [0.15, 0.2) is 85.4 Å². The Labute approximate surface area is 222 Å². The highest BCUT2D eigenvalue weighted by Gasteiger charge is 2.33. The number of rotatable bonds is 5. The van der Waals surface area contributed by atoms with Crippen molar-refractivity contribution in [3.8, 4) is 11.3 Å². The van der Waals surface area contributed by atoms with E-state index < -0.39 is 0 Å². The van der Waals surface area contributed by atoms with Crippen LogP contribution in [0.1, 0.15) is 16.1 Å². The Kier molecular flexibility index (Phi) is 5.93. The van der Waals surface area contributed by atoms with Gasteiger partial charge in [0.2, 0.25) is 5.91 Å². The predicted molar refractivity (Wildman–Crippen MR) is 147 cm³/mol. The molecule has 2 aliphatic rings. The molecule has 0 atom stereocenters. The van der Waals surface area contributed by atoms with Gasteiger partial charge >= 0.3 is 6.03 Å². The molecule has 0 saturated carbocycles. The highest BCUT2D eigenvalue weighted by Crippen LogP contribution is 2.46. The zero-order valence-corrected chi connectivity index (χ0v) is 21.0. The Bertz CT molecular complexity index is 1650. The van der Waals surface area contributed by atoms with Gasteiger partial charge in [0.15, 0.2) is 0 Å². The van der Waals surface area contributed by atoms with Gasteiger partial charge in [0.05, 0.1) is 34.7 Å². The van der Waals surface area contributed by atoms with Crippen molar-refractivity contribution in [2.45, 2.75) is 6.42 Å². The van der Waals surface area contributed by atoms with Gasteiger partial charge in [-0.2, -0.15) is 0 Å². The maximum Gasteiger partial charge on any atom is 0.331 e. The lowest BCUT2D eigenvalue weighted by atomic mass is 10.1. The smallest absolute Gasteiger partial charge is 0.331 e. The van der Waals surface area contributed by atoms with Gasteiger partial charge < -0.3 is 15.5 Å². The molecule has 0 fully saturated rings. The van der Waals surface area contributed by atoms with Crippen molar-refractivity contribution in [3.05, 3.63) is 90.2 Å². The van der Waals surface area contributed by atoms with E-state index in [4.69, 9.17) is 0 Å². The van der Waals surface area contributed by atoms with Gasteiger partial charge in [-0.3, -0.25) is 19.5 Å². The Morgan fingerprint density at radius 2 is 2.00 bits per heavy atom. The molecule has 4 amide bonds. The molecule has 9 nitrogen and oxygen atoms in total. The number of anilines is 3. The topological polar surface area (TPSA) is 108 Å². The third-order valence-corrected chi connectivity index (χ3v) is 7.53. The summed E-state index contributed by atoms with van der Waals surface area (Å²) < 4.78 is 0. The van der Waals surface area contributed by atoms with E-state index in [1.54, 1.807) is 28.3 Å². The summed E-state index contributed by atoms with van der Waals surface area (Å²) in [4.78, 5) is 51.9. The van der Waals surface area contributed by atoms with Crippen molar-refractivity contribution in [1.82, 2.24) is 20.2 Å². The van der Waals surface area contributed by atoms with Gasteiger partial charge in [-0.25, -0.2) is 9.78 Å². The average molecular weight is 523 g/mol. The summed E-state index contributed by atoms with van der Waals surface area (Å²) in [6, 6.07) is 14.7. The first-order valence-corrected chi connectivity index (χ1v) is 12.8. The molecular weight excluding hydrogens is 500 g/mol. The van der Waals surface area contributed by atoms with Crippen LogP contribution in [0.2, 0.25) is 0 Å². The van der Waals surface area contributed by atoms with E-state index in [0.29, 0.717) is 50.8 Å². The highest BCUT2D eigenvalue weighted by molar-refractivity contribution is 7.21. The van der Waals surface area contributed by atoms with Crippen LogP contribution >= 0.6 is 11.3 Å². The molecule has 2 aliphatic heterocycles. The standard InChI is InChI=1S/C28H22N6O3S/c1-2-22(35)33-14-6-8-18(16-33)31-26(36)25-24-23-21(11-13-30-27(23)38-25)34(28(37)32-24)19-9-5-7-17(15-19)20-10-3-4-12-29-20/h2-5,7-13,15H,1,6,14,16H2,(H,31,36)(H,32,37). The number of carbonyl (C=O) groups excluding carboxylic acids is 3. The van der Waals surface area contributed by atoms with Crippen molar-refractivity contribution in [2.75, 3.05) is 23.3 Å². The van der Waals surface area contributed by atoms with E-state index in [1.807, 2.05) is 48.5 Å². The SMILES string of the molecule is C=CC(=O)N1CCC=C(NC(=O)c2sc3nccc4c3c2NC(=O)N4c2cccc(-c3ccccn3)c2)C1. The number of nitrogens with zero attached hydrogens (tertiary/aromatic N) is 4. The van der Waals surface area contributed by atoms with Gasteiger partial charge in [-0.05, 0) is 42.8 Å². The molecule has 0 aliphatic carbocycles. The average Bonchev–Trinajstić information content (AvgIpc) is 3.33. The van der Waals surface area contributed by atoms with Crippen molar-refractivity contribution < 1.29 is 14.4 Å². The first-order chi connectivity index (χ1) is 18.5. The molecule has 10 heteroatoms. The van der Waals surface area contributed by atoms with E-state index in [2.05, 4.69) is 27.2 Å². The summed E-state index contributed by atoms with van der Waals surface area (Å²) in [6.45, 7) is 4.39. The number of urea groups is 1. The number of hydrogen-bond acceptors (Lipinski definition) is 6. The zero-order valence-electron chi connectivity index (χ0n) is 20.2. The lowest BCUT2D eigenvalue weighted by Gasteiger charge is -2.29. The fraction of sp³-hybridized carbons (Fsp3) is 0.107. The maximum atomic E-state index is 13.4. The first-order valence-electron chi connectivity index (χ1n) is 12.0. The summed E-state index contributed by atoms with van der Waals surface area (Å²) in [5.74, 6) is -0.547. The number of benzene rings is 1. The molecule has 4 aromatic rings. The Morgan fingerprint density at radius 3 is 2.82 bits per heavy atom. The Hall–Kier alpha value is -4.83. The number of carbonyl (C=O) groups is 3. The molecule has 5 heterocycles. The van der Waals surface area contributed by atoms with Gasteiger partial charge in [-0.1, -0.05) is 30.9 Å². The van der Waals surface area contributed by atoms with Crippen LogP contribution in [0, 0.1) is 0 Å². The zero-order chi connectivity index (χ0) is 26.2. The molecule has 188 valence electrons. The quantitative estimate of drug-likeness (QED) is 0.356. The van der Waals surface area contributed by atoms with Crippen molar-refractivity contribution in [1.29, 1.82) is 0 Å². The minimum Gasteiger partial charge on any atom is -0.333 e. The van der Waals surface area contributed by atoms with Crippen LogP contribution in [-0.2, 0) is 4.79 Å². The molecule has 0 saturated heterocycles. The molecule has 0 bridgehead atoms. The van der Waals surface area contributed by atoms with Gasteiger partial charge in [-0.15, -0.1) is 11.3 Å². The largest absolute Gasteiger partial charge is 0.333 e. The fourth-order valence-corrected chi connectivity index (χ4v) is 5.71. The van der Waals surface area contributed by atoms with E-state index in [0.717, 1.165) is 11.3 Å². The maximum absolute atomic E-state index is 13.4. The molecule has 0 radical (unpaired) electrons. The van der Waals surface area contributed by atoms with Crippen molar-refractivity contribution in [2.24, 2.45) is 0 Å². The summed E-state index contributed by atoms with van der Waals surface area (Å²) in [5.41, 5.74) is 4.05. The third kappa shape index (κ3) is 4.10. The van der Waals surface area contributed by atoms with E-state index in [1.165, 1.54) is 17.4 Å². The Morgan fingerprint density at radius 1 is 1.11 bits per heavy atom. The third-order valence-electron chi connectivity index (χ3n) is 6.43. The van der Waals surface area contributed by atoms with Crippen LogP contribution < -0.4 is 15.5 Å². The molecule has 2 N–H and O–H groups in total.